The van der Waals surface area contributed by atoms with E-state index in [2.05, 4.69) is 31.0 Å². The van der Waals surface area contributed by atoms with Gasteiger partial charge in [0.05, 0.1) is 16.5 Å². The van der Waals surface area contributed by atoms with Gasteiger partial charge in [-0.05, 0) is 55.8 Å². The lowest BCUT2D eigenvalue weighted by Crippen LogP contribution is -2.51. The molecule has 4 aromatic rings. The highest BCUT2D eigenvalue weighted by Gasteiger charge is 2.49. The van der Waals surface area contributed by atoms with Crippen molar-refractivity contribution in [2.24, 2.45) is 0 Å². The molecule has 2 bridgehead atoms. The van der Waals surface area contributed by atoms with Gasteiger partial charge < -0.3 is 29.2 Å². The average molecular weight is 731 g/mol. The standard InChI is InChI=1S/C38H37F3N6O6/c1-4-27-30(40)9-6-22-12-26(53-37(49)52-21(3)51-20(2)48)13-28(31(22)27)33-32(41)34-29(15-42-33)35(46-17-24-7-8-25(18-46)43-24)45-36(44-34)50-19-38-10-5-11-47(38)16-23(39)14-38/h1,6,9,12-13,15,21,23-25,43H,5,7-8,10-11,14,16-19H2,2-3H3/t21?,23-,24?,25?,38+/m1/s1. The van der Waals surface area contributed by atoms with Gasteiger partial charge in [0.15, 0.2) is 5.82 Å². The molecular formula is C38H37F3N6O6. The van der Waals surface area contributed by atoms with Gasteiger partial charge in [0.1, 0.15) is 41.4 Å². The van der Waals surface area contributed by atoms with E-state index in [1.807, 2.05) is 0 Å². The van der Waals surface area contributed by atoms with Crippen molar-refractivity contribution >= 4 is 39.6 Å². The van der Waals surface area contributed by atoms with E-state index in [1.165, 1.54) is 31.3 Å². The molecular weight excluding hydrogens is 693 g/mol. The number of aromatic nitrogens is 3. The minimum atomic E-state index is -1.25. The minimum absolute atomic E-state index is 0.0217. The number of carbonyl (C=O) groups is 2. The Kier molecular flexibility index (Phi) is 8.98. The summed E-state index contributed by atoms with van der Waals surface area (Å²) in [5.74, 6) is 0.455. The van der Waals surface area contributed by atoms with E-state index in [0.717, 1.165) is 45.2 Å². The lowest BCUT2D eigenvalue weighted by molar-refractivity contribution is -0.163. The molecule has 2 aromatic carbocycles. The molecule has 0 aliphatic carbocycles. The quantitative estimate of drug-likeness (QED) is 0.108. The molecule has 15 heteroatoms. The normalized spacial score (nSPS) is 24.2. The first kappa shape index (κ1) is 34.9. The van der Waals surface area contributed by atoms with Gasteiger partial charge in [0.25, 0.3) is 0 Å². The maximum Gasteiger partial charge on any atom is 0.516 e. The van der Waals surface area contributed by atoms with Crippen molar-refractivity contribution in [3.63, 3.8) is 0 Å². The van der Waals surface area contributed by atoms with E-state index in [0.29, 0.717) is 42.6 Å². The summed E-state index contributed by atoms with van der Waals surface area (Å²) in [6, 6.07) is 5.70. The zero-order valence-electron chi connectivity index (χ0n) is 29.2. The molecule has 4 fully saturated rings. The van der Waals surface area contributed by atoms with Gasteiger partial charge in [-0.1, -0.05) is 12.0 Å². The number of anilines is 1. The van der Waals surface area contributed by atoms with Crippen LogP contribution in [0.3, 0.4) is 0 Å². The molecule has 4 aliphatic rings. The molecule has 8 rings (SSSR count). The van der Waals surface area contributed by atoms with Gasteiger partial charge in [-0.2, -0.15) is 9.97 Å². The number of benzene rings is 2. The number of alkyl halides is 1. The topological polar surface area (TPSA) is 128 Å². The molecule has 0 spiro atoms. The SMILES string of the molecule is C#Cc1c(F)ccc2cc(OC(=O)OC(C)OC(C)=O)cc(-c3ncc4c(N5CC6CCC(C5)N6)nc(OC[C@@]56CCCN5C[C@H](F)C6)nc4c3F)c12. The van der Waals surface area contributed by atoms with Crippen molar-refractivity contribution < 1.29 is 41.7 Å². The number of piperazine rings is 1. The molecule has 1 N–H and O–H groups in total. The van der Waals surface area contributed by atoms with Gasteiger partial charge in [-0.3, -0.25) is 14.7 Å². The number of hydrogen-bond donors (Lipinski definition) is 1. The van der Waals surface area contributed by atoms with Crippen LogP contribution < -0.4 is 19.7 Å². The van der Waals surface area contributed by atoms with E-state index >= 15 is 8.78 Å². The Labute approximate surface area is 302 Å². The molecule has 4 aliphatic heterocycles. The molecule has 6 heterocycles. The Hall–Kier alpha value is -5.20. The fraction of sp³-hybridized carbons (Fsp3) is 0.447. The van der Waals surface area contributed by atoms with Crippen molar-refractivity contribution in [3.8, 4) is 35.4 Å². The van der Waals surface area contributed by atoms with Gasteiger partial charge in [-0.25, -0.2) is 18.0 Å². The smallest absolute Gasteiger partial charge is 0.461 e. The molecule has 53 heavy (non-hydrogen) atoms. The van der Waals surface area contributed by atoms with Crippen LogP contribution in [0.25, 0.3) is 32.9 Å². The first-order valence-electron chi connectivity index (χ1n) is 17.7. The molecule has 0 saturated carbocycles. The molecule has 4 saturated heterocycles. The number of terminal acetylenes is 1. The summed E-state index contributed by atoms with van der Waals surface area (Å²) >= 11 is 0. The molecule has 5 atom stereocenters. The zero-order chi connectivity index (χ0) is 37.0. The molecule has 276 valence electrons. The highest BCUT2D eigenvalue weighted by molar-refractivity contribution is 6.03. The van der Waals surface area contributed by atoms with Crippen molar-refractivity contribution in [2.75, 3.05) is 37.7 Å². The Morgan fingerprint density at radius 3 is 2.68 bits per heavy atom. The predicted molar refractivity (Wildman–Crippen MR) is 187 cm³/mol. The van der Waals surface area contributed by atoms with E-state index in [-0.39, 0.29) is 58.2 Å². The Morgan fingerprint density at radius 2 is 1.92 bits per heavy atom. The van der Waals surface area contributed by atoms with E-state index < -0.39 is 41.8 Å². The number of hydrogen-bond acceptors (Lipinski definition) is 12. The number of fused-ring (bicyclic) bond motifs is 5. The number of rotatable bonds is 8. The Bertz CT molecular complexity index is 2170. The summed E-state index contributed by atoms with van der Waals surface area (Å²) in [6.07, 6.45) is 7.85. The largest absolute Gasteiger partial charge is 0.516 e. The highest BCUT2D eigenvalue weighted by Crippen LogP contribution is 2.42. The second kappa shape index (κ2) is 13.7. The number of nitrogens with zero attached hydrogens (tertiary/aromatic N) is 5. The van der Waals surface area contributed by atoms with Crippen molar-refractivity contribution in [3.05, 3.63) is 47.7 Å². The van der Waals surface area contributed by atoms with Gasteiger partial charge in [0.2, 0.25) is 6.29 Å². The maximum atomic E-state index is 17.2. The summed E-state index contributed by atoms with van der Waals surface area (Å²) in [5, 5.41) is 4.41. The van der Waals surface area contributed by atoms with Crippen LogP contribution in [0.4, 0.5) is 23.8 Å². The Balaban J connectivity index is 1.24. The second-order valence-corrected chi connectivity index (χ2v) is 14.2. The van der Waals surface area contributed by atoms with Crippen molar-refractivity contribution in [1.82, 2.24) is 25.2 Å². The van der Waals surface area contributed by atoms with Crippen molar-refractivity contribution in [1.29, 1.82) is 0 Å². The summed E-state index contributed by atoms with van der Waals surface area (Å²) < 4.78 is 68.4. The number of nitrogens with one attached hydrogen (secondary N) is 1. The fourth-order valence-corrected chi connectivity index (χ4v) is 8.45. The first-order valence-corrected chi connectivity index (χ1v) is 17.7. The first-order chi connectivity index (χ1) is 25.5. The molecule has 12 nitrogen and oxygen atoms in total. The van der Waals surface area contributed by atoms with Gasteiger partial charge in [-0.15, -0.1) is 6.42 Å². The summed E-state index contributed by atoms with van der Waals surface area (Å²) in [5.41, 5.74) is -0.953. The second-order valence-electron chi connectivity index (χ2n) is 14.2. The minimum Gasteiger partial charge on any atom is -0.461 e. The number of ether oxygens (including phenoxy) is 4. The lowest BCUT2D eigenvalue weighted by atomic mass is 9.95. The van der Waals surface area contributed by atoms with Crippen LogP contribution >= 0.6 is 0 Å². The van der Waals surface area contributed by atoms with Crippen LogP contribution in [0.5, 0.6) is 11.8 Å². The van der Waals surface area contributed by atoms with E-state index in [4.69, 9.17) is 30.4 Å². The lowest BCUT2D eigenvalue weighted by Gasteiger charge is -2.34. The molecule has 0 radical (unpaired) electrons. The molecule has 3 unspecified atom stereocenters. The zero-order valence-corrected chi connectivity index (χ0v) is 29.2. The van der Waals surface area contributed by atoms with Crippen molar-refractivity contribution in [2.45, 2.75) is 76.0 Å². The number of halogens is 3. The fourth-order valence-electron chi connectivity index (χ4n) is 8.45. The van der Waals surface area contributed by atoms with E-state index in [1.54, 1.807) is 0 Å². The number of esters is 1. The molecule has 0 amide bonds. The third-order valence-electron chi connectivity index (χ3n) is 10.6. The van der Waals surface area contributed by atoms with Crippen LogP contribution in [0.2, 0.25) is 0 Å². The maximum absolute atomic E-state index is 17.2. The molecule has 2 aromatic heterocycles. The van der Waals surface area contributed by atoms with Crippen LogP contribution in [0, 0.1) is 24.0 Å². The summed E-state index contributed by atoms with van der Waals surface area (Å²) in [6.45, 7) is 5.02. The number of pyridine rings is 1. The van der Waals surface area contributed by atoms with Crippen LogP contribution in [0.15, 0.2) is 30.5 Å². The van der Waals surface area contributed by atoms with Gasteiger partial charge >= 0.3 is 18.1 Å². The number of carbonyl (C=O) groups excluding carboxylic acids is 2. The average Bonchev–Trinajstić information content (AvgIpc) is 3.76. The third-order valence-corrected chi connectivity index (χ3v) is 10.6. The third kappa shape index (κ3) is 6.54. The van der Waals surface area contributed by atoms with E-state index in [9.17, 15) is 14.0 Å². The summed E-state index contributed by atoms with van der Waals surface area (Å²) in [4.78, 5) is 42.0. The van der Waals surface area contributed by atoms with Crippen LogP contribution in [-0.2, 0) is 14.3 Å². The Morgan fingerprint density at radius 1 is 1.13 bits per heavy atom. The predicted octanol–water partition coefficient (Wildman–Crippen LogP) is 5.42. The van der Waals surface area contributed by atoms with Crippen LogP contribution in [0.1, 0.15) is 51.5 Å². The monoisotopic (exact) mass is 730 g/mol. The highest BCUT2D eigenvalue weighted by atomic mass is 19.1. The van der Waals surface area contributed by atoms with Crippen LogP contribution in [-0.4, -0.2) is 94.8 Å². The van der Waals surface area contributed by atoms with Gasteiger partial charge in [0, 0.05) is 69.1 Å². The summed E-state index contributed by atoms with van der Waals surface area (Å²) in [7, 11) is 0.